The lowest BCUT2D eigenvalue weighted by molar-refractivity contribution is -0.142. The van der Waals surface area contributed by atoms with Gasteiger partial charge in [0.1, 0.15) is 12.1 Å². The Morgan fingerprint density at radius 2 is 1.95 bits per heavy atom. The average Bonchev–Trinajstić information content (AvgIpc) is 2.56. The number of halogens is 1. The highest BCUT2D eigenvalue weighted by Crippen LogP contribution is 2.23. The van der Waals surface area contributed by atoms with Crippen molar-refractivity contribution in [3.63, 3.8) is 0 Å². The van der Waals surface area contributed by atoms with Crippen molar-refractivity contribution in [3.8, 4) is 0 Å². The van der Waals surface area contributed by atoms with Gasteiger partial charge in [-0.05, 0) is 24.6 Å². The topological polar surface area (TPSA) is 86.7 Å². The van der Waals surface area contributed by atoms with E-state index in [0.717, 1.165) is 14.9 Å². The van der Waals surface area contributed by atoms with Crippen LogP contribution in [0.5, 0.6) is 0 Å². The van der Waals surface area contributed by atoms with Gasteiger partial charge in [0.2, 0.25) is 0 Å². The van der Waals surface area contributed by atoms with Crippen LogP contribution < -0.4 is 5.32 Å². The highest BCUT2D eigenvalue weighted by Gasteiger charge is 2.48. The van der Waals surface area contributed by atoms with E-state index in [2.05, 4.69) is 21.2 Å². The molecular formula is C13H13BrN2O4. The number of carboxylic acid groups (broad SMARTS) is 1. The second-order valence-electron chi connectivity index (χ2n) is 4.85. The molecule has 2 N–H and O–H groups in total. The predicted octanol–water partition coefficient (Wildman–Crippen LogP) is 1.39. The molecule has 1 aliphatic heterocycles. The molecule has 0 radical (unpaired) electrons. The van der Waals surface area contributed by atoms with Crippen LogP contribution in [0.3, 0.4) is 0 Å². The van der Waals surface area contributed by atoms with E-state index in [4.69, 9.17) is 5.11 Å². The second-order valence-corrected chi connectivity index (χ2v) is 5.77. The Bertz CT molecular complexity index is 572. The molecule has 7 heteroatoms. The molecule has 1 heterocycles. The van der Waals surface area contributed by atoms with Crippen LogP contribution in [0.4, 0.5) is 4.79 Å². The van der Waals surface area contributed by atoms with Crippen LogP contribution in [-0.2, 0) is 16.0 Å². The number of aliphatic carboxylic acids is 1. The van der Waals surface area contributed by atoms with Gasteiger partial charge in [-0.1, -0.05) is 28.1 Å². The molecule has 0 saturated carbocycles. The summed E-state index contributed by atoms with van der Waals surface area (Å²) in [6.07, 6.45) is 0.307. The highest BCUT2D eigenvalue weighted by atomic mass is 79.9. The smallest absolute Gasteiger partial charge is 0.325 e. The maximum Gasteiger partial charge on any atom is 0.325 e. The third-order valence-corrected chi connectivity index (χ3v) is 3.64. The predicted molar refractivity (Wildman–Crippen MR) is 74.1 cm³/mol. The lowest BCUT2D eigenvalue weighted by Gasteiger charge is -2.21. The van der Waals surface area contributed by atoms with Crippen LogP contribution >= 0.6 is 15.9 Å². The summed E-state index contributed by atoms with van der Waals surface area (Å²) in [6.45, 7) is 0.970. The quantitative estimate of drug-likeness (QED) is 0.811. The molecule has 1 atom stereocenters. The molecule has 106 valence electrons. The summed E-state index contributed by atoms with van der Waals surface area (Å²) in [5.74, 6) is -1.74. The molecule has 1 aliphatic rings. The fourth-order valence-electron chi connectivity index (χ4n) is 2.16. The minimum absolute atomic E-state index is 0.307. The number of benzene rings is 1. The standard InChI is InChI=1S/C13H13BrN2O4/c1-13(6-8-2-4-9(14)5-3-8)11(19)16(7-10(17)18)12(20)15-13/h2-5H,6-7H2,1H3,(H,15,20)(H,17,18). The zero-order valence-electron chi connectivity index (χ0n) is 10.7. The van der Waals surface area contributed by atoms with Crippen molar-refractivity contribution in [1.82, 2.24) is 10.2 Å². The monoisotopic (exact) mass is 340 g/mol. The van der Waals surface area contributed by atoms with Gasteiger partial charge in [0.15, 0.2) is 0 Å². The van der Waals surface area contributed by atoms with E-state index in [9.17, 15) is 14.4 Å². The largest absolute Gasteiger partial charge is 0.480 e. The Morgan fingerprint density at radius 1 is 1.35 bits per heavy atom. The number of imide groups is 1. The third-order valence-electron chi connectivity index (χ3n) is 3.11. The molecule has 1 unspecified atom stereocenters. The number of rotatable bonds is 4. The second kappa shape index (κ2) is 5.24. The van der Waals surface area contributed by atoms with Crippen molar-refractivity contribution in [1.29, 1.82) is 0 Å². The van der Waals surface area contributed by atoms with Gasteiger partial charge in [0, 0.05) is 10.9 Å². The Labute approximate surface area is 123 Å². The fourth-order valence-corrected chi connectivity index (χ4v) is 2.42. The summed E-state index contributed by atoms with van der Waals surface area (Å²) in [6, 6.07) is 6.70. The molecule has 0 aromatic heterocycles. The summed E-state index contributed by atoms with van der Waals surface area (Å²) < 4.78 is 0.917. The molecule has 20 heavy (non-hydrogen) atoms. The molecule has 0 aliphatic carbocycles. The lowest BCUT2D eigenvalue weighted by Crippen LogP contribution is -2.46. The summed E-state index contributed by atoms with van der Waals surface area (Å²) in [5, 5.41) is 11.3. The van der Waals surface area contributed by atoms with Crippen LogP contribution in [0.15, 0.2) is 28.7 Å². The summed E-state index contributed by atoms with van der Waals surface area (Å²) in [7, 11) is 0. The molecule has 1 fully saturated rings. The number of carbonyl (C=O) groups is 3. The Kier molecular flexibility index (Phi) is 3.80. The molecule has 0 bridgehead atoms. The van der Waals surface area contributed by atoms with Gasteiger partial charge in [-0.15, -0.1) is 0 Å². The first-order valence-electron chi connectivity index (χ1n) is 5.92. The van der Waals surface area contributed by atoms with E-state index < -0.39 is 30.0 Å². The van der Waals surface area contributed by atoms with Crippen molar-refractivity contribution in [3.05, 3.63) is 34.3 Å². The molecule has 1 saturated heterocycles. The van der Waals surface area contributed by atoms with E-state index in [0.29, 0.717) is 6.42 Å². The molecule has 1 aromatic rings. The van der Waals surface area contributed by atoms with Crippen LogP contribution in [0.1, 0.15) is 12.5 Å². The van der Waals surface area contributed by atoms with E-state index in [-0.39, 0.29) is 0 Å². The van der Waals surface area contributed by atoms with Crippen LogP contribution in [0.25, 0.3) is 0 Å². The number of nitrogens with one attached hydrogen (secondary N) is 1. The number of carboxylic acids is 1. The summed E-state index contributed by atoms with van der Waals surface area (Å²) in [4.78, 5) is 35.3. The molecule has 0 spiro atoms. The van der Waals surface area contributed by atoms with Gasteiger partial charge in [0.05, 0.1) is 0 Å². The van der Waals surface area contributed by atoms with E-state index in [1.165, 1.54) is 0 Å². The summed E-state index contributed by atoms with van der Waals surface area (Å²) in [5.41, 5.74) is -0.234. The van der Waals surface area contributed by atoms with Gasteiger partial charge in [0.25, 0.3) is 5.91 Å². The first-order valence-corrected chi connectivity index (χ1v) is 6.71. The summed E-state index contributed by atoms with van der Waals surface area (Å²) >= 11 is 3.32. The Morgan fingerprint density at radius 3 is 2.50 bits per heavy atom. The van der Waals surface area contributed by atoms with Crippen molar-refractivity contribution in [2.45, 2.75) is 18.9 Å². The van der Waals surface area contributed by atoms with E-state index in [1.54, 1.807) is 6.92 Å². The molecular weight excluding hydrogens is 328 g/mol. The minimum Gasteiger partial charge on any atom is -0.480 e. The third kappa shape index (κ3) is 2.82. The van der Waals surface area contributed by atoms with Crippen LogP contribution in [-0.4, -0.2) is 40.0 Å². The normalized spacial score (nSPS) is 22.0. The van der Waals surface area contributed by atoms with Crippen molar-refractivity contribution in [2.75, 3.05) is 6.54 Å². The number of carbonyl (C=O) groups excluding carboxylic acids is 2. The van der Waals surface area contributed by atoms with Crippen molar-refractivity contribution >= 4 is 33.8 Å². The Balaban J connectivity index is 2.18. The maximum absolute atomic E-state index is 12.2. The molecule has 1 aromatic carbocycles. The number of hydrogen-bond acceptors (Lipinski definition) is 3. The minimum atomic E-state index is -1.22. The van der Waals surface area contributed by atoms with Crippen LogP contribution in [0, 0.1) is 0 Å². The number of hydrogen-bond donors (Lipinski definition) is 2. The van der Waals surface area contributed by atoms with Gasteiger partial charge in [-0.2, -0.15) is 0 Å². The SMILES string of the molecule is CC1(Cc2ccc(Br)cc2)NC(=O)N(CC(=O)O)C1=O. The zero-order valence-corrected chi connectivity index (χ0v) is 12.3. The maximum atomic E-state index is 12.2. The lowest BCUT2D eigenvalue weighted by atomic mass is 9.93. The van der Waals surface area contributed by atoms with Gasteiger partial charge < -0.3 is 10.4 Å². The van der Waals surface area contributed by atoms with E-state index >= 15 is 0 Å². The molecule has 2 rings (SSSR count). The average molecular weight is 341 g/mol. The number of nitrogens with zero attached hydrogens (tertiary/aromatic N) is 1. The van der Waals surface area contributed by atoms with Crippen LogP contribution in [0.2, 0.25) is 0 Å². The number of amides is 3. The molecule has 3 amide bonds. The Hall–Kier alpha value is -1.89. The fraction of sp³-hybridized carbons (Fsp3) is 0.308. The van der Waals surface area contributed by atoms with Gasteiger partial charge >= 0.3 is 12.0 Å². The van der Waals surface area contributed by atoms with Crippen molar-refractivity contribution in [2.24, 2.45) is 0 Å². The van der Waals surface area contributed by atoms with Gasteiger partial charge in [-0.3, -0.25) is 14.5 Å². The zero-order chi connectivity index (χ0) is 14.9. The van der Waals surface area contributed by atoms with Crippen molar-refractivity contribution < 1.29 is 19.5 Å². The first kappa shape index (κ1) is 14.5. The first-order chi connectivity index (χ1) is 9.32. The molecule has 6 nitrogen and oxygen atoms in total. The highest BCUT2D eigenvalue weighted by molar-refractivity contribution is 9.10. The van der Waals surface area contributed by atoms with E-state index in [1.807, 2.05) is 24.3 Å². The van der Waals surface area contributed by atoms with Gasteiger partial charge in [-0.25, -0.2) is 4.79 Å². The number of urea groups is 1.